The van der Waals surface area contributed by atoms with Gasteiger partial charge in [0.05, 0.1) is 11.7 Å². The van der Waals surface area contributed by atoms with E-state index in [9.17, 15) is 27.1 Å². The number of anilines is 2. The minimum atomic E-state index is -4.69. The van der Waals surface area contributed by atoms with Gasteiger partial charge in [0.1, 0.15) is 17.7 Å². The fourth-order valence-electron chi connectivity index (χ4n) is 3.06. The highest BCUT2D eigenvalue weighted by molar-refractivity contribution is 5.50. The van der Waals surface area contributed by atoms with Gasteiger partial charge in [0, 0.05) is 37.3 Å². The van der Waals surface area contributed by atoms with Crippen molar-refractivity contribution in [1.82, 2.24) is 19.9 Å². The standard InChI is InChI=1S/C19H23F5N6O2/c1-17(2)12(4-13(17)31)29-14-11(19(22,23)24)7-27-16(30-14)26-6-10-5-25-9-28-15(10)32-8-18(3,20)21/h5,7,9,12-13,31H,4,6,8H2,1-3H3,(H2,26,27,29,30)/t12?,13-/m0/s1. The van der Waals surface area contributed by atoms with Crippen LogP contribution in [0.15, 0.2) is 18.7 Å². The van der Waals surface area contributed by atoms with Crippen molar-refractivity contribution in [3.8, 4) is 5.88 Å². The Kier molecular flexibility index (Phi) is 6.40. The van der Waals surface area contributed by atoms with Gasteiger partial charge in [-0.25, -0.2) is 23.7 Å². The van der Waals surface area contributed by atoms with Gasteiger partial charge in [-0.05, 0) is 6.42 Å². The zero-order valence-electron chi connectivity index (χ0n) is 17.5. The van der Waals surface area contributed by atoms with Crippen LogP contribution in [0.3, 0.4) is 0 Å². The first-order chi connectivity index (χ1) is 14.8. The number of hydrogen-bond acceptors (Lipinski definition) is 8. The molecular formula is C19H23F5N6O2. The summed E-state index contributed by atoms with van der Waals surface area (Å²) >= 11 is 0. The predicted molar refractivity (Wildman–Crippen MR) is 104 cm³/mol. The second-order valence-corrected chi connectivity index (χ2v) is 8.29. The van der Waals surface area contributed by atoms with Gasteiger partial charge >= 0.3 is 6.18 Å². The number of aliphatic hydroxyl groups is 1. The average molecular weight is 462 g/mol. The Labute approximate surface area is 180 Å². The topological polar surface area (TPSA) is 105 Å². The lowest BCUT2D eigenvalue weighted by atomic mass is 9.64. The monoisotopic (exact) mass is 462 g/mol. The number of alkyl halides is 5. The van der Waals surface area contributed by atoms with Gasteiger partial charge in [-0.3, -0.25) is 0 Å². The van der Waals surface area contributed by atoms with Crippen LogP contribution in [0.25, 0.3) is 0 Å². The van der Waals surface area contributed by atoms with E-state index in [2.05, 4.69) is 30.6 Å². The minimum absolute atomic E-state index is 0.0795. The van der Waals surface area contributed by atoms with E-state index in [-0.39, 0.29) is 30.4 Å². The summed E-state index contributed by atoms with van der Waals surface area (Å²) in [4.78, 5) is 15.3. The molecule has 2 heterocycles. The SMILES string of the molecule is CC(F)(F)COc1ncncc1CNc1ncc(C(F)(F)F)c(NC2C[C@H](O)C2(C)C)n1. The van der Waals surface area contributed by atoms with E-state index in [1.807, 2.05) is 0 Å². The van der Waals surface area contributed by atoms with Crippen molar-refractivity contribution in [2.45, 2.75) is 58.0 Å². The summed E-state index contributed by atoms with van der Waals surface area (Å²) in [6, 6.07) is -0.417. The molecule has 176 valence electrons. The van der Waals surface area contributed by atoms with Crippen LogP contribution in [0.4, 0.5) is 33.7 Å². The molecule has 0 bridgehead atoms. The molecule has 32 heavy (non-hydrogen) atoms. The van der Waals surface area contributed by atoms with Gasteiger partial charge < -0.3 is 20.5 Å². The largest absolute Gasteiger partial charge is 0.471 e. The van der Waals surface area contributed by atoms with E-state index >= 15 is 0 Å². The van der Waals surface area contributed by atoms with Crippen molar-refractivity contribution in [3.63, 3.8) is 0 Å². The van der Waals surface area contributed by atoms with Gasteiger partial charge in [-0.15, -0.1) is 0 Å². The molecule has 8 nitrogen and oxygen atoms in total. The minimum Gasteiger partial charge on any atom is -0.471 e. The molecule has 0 saturated heterocycles. The Morgan fingerprint density at radius 2 is 1.91 bits per heavy atom. The maximum absolute atomic E-state index is 13.4. The number of hydrogen-bond donors (Lipinski definition) is 3. The molecule has 3 rings (SSSR count). The molecule has 0 amide bonds. The number of halogens is 5. The fourth-order valence-corrected chi connectivity index (χ4v) is 3.06. The maximum Gasteiger partial charge on any atom is 0.421 e. The van der Waals surface area contributed by atoms with E-state index in [0.29, 0.717) is 13.1 Å². The molecule has 2 aromatic heterocycles. The van der Waals surface area contributed by atoms with Crippen molar-refractivity contribution < 1.29 is 31.8 Å². The third-order valence-corrected chi connectivity index (χ3v) is 5.27. The highest BCUT2D eigenvalue weighted by Gasteiger charge is 2.48. The van der Waals surface area contributed by atoms with Crippen LogP contribution in [0.2, 0.25) is 0 Å². The summed E-state index contributed by atoms with van der Waals surface area (Å²) < 4.78 is 71.4. The lowest BCUT2D eigenvalue weighted by molar-refractivity contribution is -0.137. The number of aliphatic hydroxyl groups excluding tert-OH is 1. The zero-order valence-corrected chi connectivity index (χ0v) is 17.5. The van der Waals surface area contributed by atoms with E-state index in [0.717, 1.165) is 6.33 Å². The van der Waals surface area contributed by atoms with Gasteiger partial charge in [0.2, 0.25) is 11.8 Å². The molecule has 0 aliphatic heterocycles. The molecule has 1 aliphatic rings. The van der Waals surface area contributed by atoms with E-state index in [4.69, 9.17) is 4.74 Å². The molecule has 0 spiro atoms. The Hall–Kier alpha value is -2.83. The Morgan fingerprint density at radius 3 is 2.50 bits per heavy atom. The number of ether oxygens (including phenoxy) is 1. The Bertz CT molecular complexity index is 951. The zero-order chi connectivity index (χ0) is 23.7. The van der Waals surface area contributed by atoms with Crippen molar-refractivity contribution in [3.05, 3.63) is 29.8 Å². The quantitative estimate of drug-likeness (QED) is 0.512. The highest BCUT2D eigenvalue weighted by atomic mass is 19.4. The third kappa shape index (κ3) is 5.50. The van der Waals surface area contributed by atoms with Crippen molar-refractivity contribution in [1.29, 1.82) is 0 Å². The van der Waals surface area contributed by atoms with Gasteiger partial charge in [0.15, 0.2) is 6.61 Å². The van der Waals surface area contributed by atoms with Crippen LogP contribution in [-0.2, 0) is 12.7 Å². The Balaban J connectivity index is 1.77. The smallest absolute Gasteiger partial charge is 0.421 e. The van der Waals surface area contributed by atoms with Crippen LogP contribution in [0, 0.1) is 5.41 Å². The summed E-state index contributed by atoms with van der Waals surface area (Å²) in [7, 11) is 0. The van der Waals surface area contributed by atoms with Crippen molar-refractivity contribution >= 4 is 11.8 Å². The maximum atomic E-state index is 13.4. The first-order valence-electron chi connectivity index (χ1n) is 9.69. The molecule has 13 heteroatoms. The van der Waals surface area contributed by atoms with Crippen LogP contribution in [0.1, 0.15) is 38.3 Å². The molecular weight excluding hydrogens is 439 g/mol. The lowest BCUT2D eigenvalue weighted by Gasteiger charge is -2.49. The van der Waals surface area contributed by atoms with Crippen molar-refractivity contribution in [2.75, 3.05) is 17.2 Å². The van der Waals surface area contributed by atoms with Gasteiger partial charge in [0.25, 0.3) is 5.92 Å². The summed E-state index contributed by atoms with van der Waals surface area (Å²) in [5.74, 6) is -3.72. The summed E-state index contributed by atoms with van der Waals surface area (Å²) in [6.45, 7) is 3.19. The molecule has 1 saturated carbocycles. The Morgan fingerprint density at radius 1 is 1.19 bits per heavy atom. The van der Waals surface area contributed by atoms with Crippen molar-refractivity contribution in [2.24, 2.45) is 5.41 Å². The number of rotatable bonds is 8. The molecule has 2 atom stereocenters. The molecule has 1 aliphatic carbocycles. The van der Waals surface area contributed by atoms with E-state index in [1.54, 1.807) is 13.8 Å². The molecule has 2 aromatic rings. The molecule has 0 aromatic carbocycles. The summed E-state index contributed by atoms with van der Waals surface area (Å²) in [5, 5.41) is 15.3. The van der Waals surface area contributed by atoms with E-state index in [1.165, 1.54) is 6.20 Å². The molecule has 1 unspecified atom stereocenters. The normalized spacial score (nSPS) is 20.4. The third-order valence-electron chi connectivity index (χ3n) is 5.27. The van der Waals surface area contributed by atoms with Crippen LogP contribution in [0.5, 0.6) is 5.88 Å². The van der Waals surface area contributed by atoms with Gasteiger partial charge in [-0.1, -0.05) is 13.8 Å². The summed E-state index contributed by atoms with van der Waals surface area (Å²) in [5.41, 5.74) is -1.38. The first kappa shape index (κ1) is 23.8. The van der Waals surface area contributed by atoms with Crippen LogP contribution >= 0.6 is 0 Å². The predicted octanol–water partition coefficient (Wildman–Crippen LogP) is 3.50. The number of nitrogens with zero attached hydrogens (tertiary/aromatic N) is 4. The average Bonchev–Trinajstić information content (AvgIpc) is 2.70. The van der Waals surface area contributed by atoms with Crippen LogP contribution in [-0.4, -0.2) is 49.7 Å². The number of aromatic nitrogens is 4. The highest BCUT2D eigenvalue weighted by Crippen LogP contribution is 2.43. The first-order valence-corrected chi connectivity index (χ1v) is 9.69. The molecule has 0 radical (unpaired) electrons. The van der Waals surface area contributed by atoms with E-state index < -0.39 is 47.6 Å². The van der Waals surface area contributed by atoms with Gasteiger partial charge in [-0.2, -0.15) is 18.2 Å². The fraction of sp³-hybridized carbons (Fsp3) is 0.579. The second-order valence-electron chi connectivity index (χ2n) is 8.29. The van der Waals surface area contributed by atoms with Crippen LogP contribution < -0.4 is 15.4 Å². The number of nitrogens with one attached hydrogen (secondary N) is 2. The molecule has 3 N–H and O–H groups in total. The lowest BCUT2D eigenvalue weighted by Crippen LogP contribution is -2.57. The summed E-state index contributed by atoms with van der Waals surface area (Å²) in [6.07, 6.45) is -1.95. The second kappa shape index (κ2) is 8.60. The molecule has 1 fully saturated rings.